The smallest absolute Gasteiger partial charge is 0.146 e. The summed E-state index contributed by atoms with van der Waals surface area (Å²) < 4.78 is 0. The summed E-state index contributed by atoms with van der Waals surface area (Å²) in [6.45, 7) is 8.10. The van der Waals surface area contributed by atoms with Crippen molar-refractivity contribution in [3.8, 4) is 6.07 Å². The highest BCUT2D eigenvalue weighted by atomic mass is 15.1. The molecule has 1 aromatic heterocycles. The summed E-state index contributed by atoms with van der Waals surface area (Å²) in [7, 11) is 2.13. The van der Waals surface area contributed by atoms with Crippen molar-refractivity contribution in [2.45, 2.75) is 65.3 Å². The summed E-state index contributed by atoms with van der Waals surface area (Å²) in [6.07, 6.45) is 8.03. The molecule has 2 heterocycles. The van der Waals surface area contributed by atoms with Crippen molar-refractivity contribution in [3.63, 3.8) is 0 Å². The highest BCUT2D eigenvalue weighted by Crippen LogP contribution is 2.31. The second kappa shape index (κ2) is 10.2. The van der Waals surface area contributed by atoms with E-state index in [1.807, 2.05) is 0 Å². The lowest BCUT2D eigenvalue weighted by molar-refractivity contribution is 0.313. The van der Waals surface area contributed by atoms with Gasteiger partial charge in [-0.1, -0.05) is 39.5 Å². The van der Waals surface area contributed by atoms with E-state index >= 15 is 0 Å². The first-order chi connectivity index (χ1) is 12.2. The molecule has 0 bridgehead atoms. The van der Waals surface area contributed by atoms with Crippen LogP contribution < -0.4 is 10.6 Å². The first-order valence-electron chi connectivity index (χ1n) is 9.83. The van der Waals surface area contributed by atoms with Crippen LogP contribution in [0.25, 0.3) is 0 Å². The number of hydrogen-bond donors (Lipinski definition) is 2. The normalized spacial score (nSPS) is 14.0. The summed E-state index contributed by atoms with van der Waals surface area (Å²) in [4.78, 5) is 7.12. The summed E-state index contributed by atoms with van der Waals surface area (Å²) >= 11 is 0. The highest BCUT2D eigenvalue weighted by molar-refractivity contribution is 5.66. The number of nitriles is 1. The molecule has 25 heavy (non-hydrogen) atoms. The number of unbranched alkanes of at least 4 members (excludes halogenated alkanes) is 4. The van der Waals surface area contributed by atoms with E-state index in [0.717, 1.165) is 62.6 Å². The molecule has 1 aliphatic rings. The number of nitrogens with zero attached hydrogens (tertiary/aromatic N) is 3. The molecular formula is C20H33N5. The van der Waals surface area contributed by atoms with Gasteiger partial charge in [0.1, 0.15) is 17.7 Å². The average molecular weight is 344 g/mol. The van der Waals surface area contributed by atoms with E-state index in [1.54, 1.807) is 0 Å². The van der Waals surface area contributed by atoms with Crippen LogP contribution >= 0.6 is 0 Å². The van der Waals surface area contributed by atoms with E-state index in [2.05, 4.69) is 42.5 Å². The maximum absolute atomic E-state index is 9.72. The van der Waals surface area contributed by atoms with Crippen molar-refractivity contribution >= 4 is 11.6 Å². The Morgan fingerprint density at radius 2 is 1.64 bits per heavy atom. The van der Waals surface area contributed by atoms with Gasteiger partial charge in [0.25, 0.3) is 0 Å². The Kier molecular flexibility index (Phi) is 8.00. The molecule has 1 aromatic rings. The third-order valence-electron chi connectivity index (χ3n) is 4.84. The topological polar surface area (TPSA) is 64.0 Å². The Morgan fingerprint density at radius 3 is 2.24 bits per heavy atom. The van der Waals surface area contributed by atoms with Crippen LogP contribution in [0, 0.1) is 11.3 Å². The summed E-state index contributed by atoms with van der Waals surface area (Å²) in [6, 6.07) is 2.41. The first kappa shape index (κ1) is 19.5. The molecule has 0 atom stereocenters. The maximum atomic E-state index is 9.72. The molecule has 0 saturated carbocycles. The summed E-state index contributed by atoms with van der Waals surface area (Å²) in [5.41, 5.74) is 3.14. The van der Waals surface area contributed by atoms with Gasteiger partial charge in [0.05, 0.1) is 5.56 Å². The van der Waals surface area contributed by atoms with Crippen molar-refractivity contribution < 1.29 is 0 Å². The van der Waals surface area contributed by atoms with Gasteiger partial charge in [0.15, 0.2) is 0 Å². The molecule has 0 amide bonds. The third kappa shape index (κ3) is 5.34. The van der Waals surface area contributed by atoms with Crippen molar-refractivity contribution in [1.29, 1.82) is 5.26 Å². The van der Waals surface area contributed by atoms with Gasteiger partial charge in [0.2, 0.25) is 0 Å². The van der Waals surface area contributed by atoms with Gasteiger partial charge in [-0.3, -0.25) is 0 Å². The van der Waals surface area contributed by atoms with Gasteiger partial charge in [-0.15, -0.1) is 0 Å². The van der Waals surface area contributed by atoms with Crippen LogP contribution in [0.3, 0.4) is 0 Å². The second-order valence-corrected chi connectivity index (χ2v) is 7.01. The highest BCUT2D eigenvalue weighted by Gasteiger charge is 2.24. The molecule has 2 rings (SSSR count). The quantitative estimate of drug-likeness (QED) is 0.625. The molecule has 2 N–H and O–H groups in total. The van der Waals surface area contributed by atoms with Crippen LogP contribution in [0.4, 0.5) is 11.6 Å². The Bertz CT molecular complexity index is 591. The largest absolute Gasteiger partial charge is 0.370 e. The zero-order chi connectivity index (χ0) is 18.1. The summed E-state index contributed by atoms with van der Waals surface area (Å²) in [5, 5.41) is 16.7. The van der Waals surface area contributed by atoms with Gasteiger partial charge in [0, 0.05) is 31.7 Å². The monoisotopic (exact) mass is 343 g/mol. The van der Waals surface area contributed by atoms with Crippen molar-refractivity contribution in [2.24, 2.45) is 0 Å². The lowest BCUT2D eigenvalue weighted by Crippen LogP contribution is -2.29. The van der Waals surface area contributed by atoms with Gasteiger partial charge in [-0.2, -0.15) is 5.26 Å². The van der Waals surface area contributed by atoms with E-state index < -0.39 is 0 Å². The van der Waals surface area contributed by atoms with Crippen molar-refractivity contribution in [3.05, 3.63) is 16.7 Å². The van der Waals surface area contributed by atoms with Crippen LogP contribution in [0.2, 0.25) is 0 Å². The molecule has 0 aliphatic carbocycles. The predicted octanol–water partition coefficient (Wildman–Crippen LogP) is 4.15. The Hall–Kier alpha value is -1.80. The number of nitrogens with one attached hydrogen (secondary N) is 2. The van der Waals surface area contributed by atoms with Crippen LogP contribution in [-0.4, -0.2) is 36.6 Å². The van der Waals surface area contributed by atoms with Crippen molar-refractivity contribution in [1.82, 2.24) is 9.88 Å². The fraction of sp³-hybridized carbons (Fsp3) is 0.700. The number of likely N-dealkylation sites (N-methyl/N-ethyl adjacent to an activating group) is 1. The summed E-state index contributed by atoms with van der Waals surface area (Å²) in [5.74, 6) is 1.73. The Morgan fingerprint density at radius 1 is 1.00 bits per heavy atom. The molecule has 5 nitrogen and oxygen atoms in total. The zero-order valence-corrected chi connectivity index (χ0v) is 16.1. The fourth-order valence-corrected chi connectivity index (χ4v) is 3.33. The lowest BCUT2D eigenvalue weighted by atomic mass is 9.96. The molecule has 138 valence electrons. The third-order valence-corrected chi connectivity index (χ3v) is 4.84. The standard InChI is InChI=1S/C20H33N5/c1-4-6-8-11-22-19-17(14-21)16-10-13-25(3)15-18(16)20(24-19)23-12-9-7-5-2/h4-13,15H2,1-3H3,(H2,22,23,24). The molecule has 1 aliphatic heterocycles. The lowest BCUT2D eigenvalue weighted by Gasteiger charge is -2.28. The molecule has 0 spiro atoms. The van der Waals surface area contributed by atoms with E-state index in [0.29, 0.717) is 0 Å². The molecule has 0 aromatic carbocycles. The molecular weight excluding hydrogens is 310 g/mol. The molecule has 0 saturated heterocycles. The SMILES string of the molecule is CCCCCNc1nc(NCCCCC)c2c(c1C#N)CCN(C)C2. The molecule has 0 unspecified atom stereocenters. The average Bonchev–Trinajstić information content (AvgIpc) is 2.62. The fourth-order valence-electron chi connectivity index (χ4n) is 3.33. The van der Waals surface area contributed by atoms with Crippen LogP contribution in [0.1, 0.15) is 69.1 Å². The number of anilines is 2. The predicted molar refractivity (Wildman–Crippen MR) is 105 cm³/mol. The van der Waals surface area contributed by atoms with Gasteiger partial charge < -0.3 is 15.5 Å². The minimum Gasteiger partial charge on any atom is -0.370 e. The van der Waals surface area contributed by atoms with E-state index in [4.69, 9.17) is 4.98 Å². The Balaban J connectivity index is 2.24. The zero-order valence-electron chi connectivity index (χ0n) is 16.1. The second-order valence-electron chi connectivity index (χ2n) is 7.01. The molecule has 0 fully saturated rings. The first-order valence-corrected chi connectivity index (χ1v) is 9.83. The minimum absolute atomic E-state index is 0.749. The molecule has 5 heteroatoms. The number of hydrogen-bond acceptors (Lipinski definition) is 5. The van der Waals surface area contributed by atoms with Gasteiger partial charge in [-0.05, 0) is 31.9 Å². The number of rotatable bonds is 10. The van der Waals surface area contributed by atoms with Crippen molar-refractivity contribution in [2.75, 3.05) is 37.3 Å². The maximum Gasteiger partial charge on any atom is 0.146 e. The number of aromatic nitrogens is 1. The molecule has 0 radical (unpaired) electrons. The number of pyridine rings is 1. The van der Waals surface area contributed by atoms with Crippen LogP contribution in [0.15, 0.2) is 0 Å². The van der Waals surface area contributed by atoms with E-state index in [9.17, 15) is 5.26 Å². The van der Waals surface area contributed by atoms with Gasteiger partial charge >= 0.3 is 0 Å². The van der Waals surface area contributed by atoms with Gasteiger partial charge in [-0.25, -0.2) is 4.98 Å². The van der Waals surface area contributed by atoms with E-state index in [-0.39, 0.29) is 0 Å². The van der Waals surface area contributed by atoms with Crippen LogP contribution in [0.5, 0.6) is 0 Å². The number of fused-ring (bicyclic) bond motifs is 1. The van der Waals surface area contributed by atoms with E-state index in [1.165, 1.54) is 36.8 Å². The van der Waals surface area contributed by atoms with Crippen LogP contribution in [-0.2, 0) is 13.0 Å². The Labute approximate surface area is 152 Å². The minimum atomic E-state index is 0.749.